The molecule has 0 aromatic carbocycles. The van der Waals surface area contributed by atoms with Crippen LogP contribution in [0.4, 0.5) is 0 Å². The van der Waals surface area contributed by atoms with Gasteiger partial charge in [-0.25, -0.2) is 9.97 Å². The zero-order valence-corrected chi connectivity index (χ0v) is 15.1. The Hall–Kier alpha value is -1.18. The van der Waals surface area contributed by atoms with E-state index in [1.54, 1.807) is 6.20 Å². The van der Waals surface area contributed by atoms with Crippen LogP contribution >= 0.6 is 11.8 Å². The highest BCUT2D eigenvalue weighted by atomic mass is 32.2. The first-order valence-electron chi connectivity index (χ1n) is 8.74. The molecule has 2 fully saturated rings. The van der Waals surface area contributed by atoms with Crippen LogP contribution in [-0.4, -0.2) is 64.9 Å². The number of rotatable bonds is 5. The lowest BCUT2D eigenvalue weighted by Crippen LogP contribution is -2.49. The minimum Gasteiger partial charge on any atom is -0.381 e. The number of hydrogen-bond donors (Lipinski definition) is 1. The molecule has 0 aliphatic carbocycles. The number of nitrogens with zero attached hydrogens (tertiary/aromatic N) is 3. The number of carbonyl (C=O) groups excluding carboxylic acids is 1. The van der Waals surface area contributed by atoms with Crippen molar-refractivity contribution in [2.45, 2.75) is 49.8 Å². The Morgan fingerprint density at radius 2 is 2.08 bits per heavy atom. The van der Waals surface area contributed by atoms with Crippen molar-refractivity contribution in [3.05, 3.63) is 18.0 Å². The largest absolute Gasteiger partial charge is 0.381 e. The molecule has 132 valence electrons. The number of likely N-dealkylation sites (tertiary alicyclic amines) is 1. The van der Waals surface area contributed by atoms with Gasteiger partial charge in [0.25, 0.3) is 0 Å². The van der Waals surface area contributed by atoms with Crippen molar-refractivity contribution >= 4 is 17.7 Å². The maximum absolute atomic E-state index is 12.1. The molecule has 0 radical (unpaired) electrons. The molecule has 1 N–H and O–H groups in total. The fraction of sp³-hybridized carbons (Fsp3) is 0.706. The molecular formula is C17H26N4O2S. The summed E-state index contributed by atoms with van der Waals surface area (Å²) in [5.41, 5.74) is 0.924. The Bertz CT molecular complexity index is 543. The lowest BCUT2D eigenvalue weighted by atomic mass is 10.00. The quantitative estimate of drug-likeness (QED) is 0.643. The fourth-order valence-corrected chi connectivity index (χ4v) is 4.04. The molecule has 1 aromatic heterocycles. The SMILES string of the molecule is Cc1ccnc(SCC(=O)NC2CCN(C3CCOCC3)CC2)n1. The molecule has 0 atom stereocenters. The van der Waals surface area contributed by atoms with Crippen LogP contribution in [0.3, 0.4) is 0 Å². The summed E-state index contributed by atoms with van der Waals surface area (Å²) in [6.07, 6.45) is 6.09. The van der Waals surface area contributed by atoms with E-state index < -0.39 is 0 Å². The van der Waals surface area contributed by atoms with Crippen molar-refractivity contribution in [1.29, 1.82) is 0 Å². The van der Waals surface area contributed by atoms with Gasteiger partial charge in [-0.3, -0.25) is 4.79 Å². The smallest absolute Gasteiger partial charge is 0.230 e. The third-order valence-electron chi connectivity index (χ3n) is 4.71. The number of ether oxygens (including phenoxy) is 1. The molecule has 3 heterocycles. The molecule has 0 saturated carbocycles. The van der Waals surface area contributed by atoms with Crippen molar-refractivity contribution in [3.8, 4) is 0 Å². The maximum atomic E-state index is 12.1. The van der Waals surface area contributed by atoms with Gasteiger partial charge in [0.15, 0.2) is 5.16 Å². The summed E-state index contributed by atoms with van der Waals surface area (Å²) in [4.78, 5) is 23.2. The Labute approximate surface area is 147 Å². The third-order valence-corrected chi connectivity index (χ3v) is 5.57. The molecule has 24 heavy (non-hydrogen) atoms. The molecule has 0 unspecified atom stereocenters. The standard InChI is InChI=1S/C17H26N4O2S/c1-13-2-7-18-17(19-13)24-12-16(22)20-14-3-8-21(9-4-14)15-5-10-23-11-6-15/h2,7,14-15H,3-6,8-12H2,1H3,(H,20,22). The molecule has 1 aromatic rings. The predicted molar refractivity (Wildman–Crippen MR) is 94.1 cm³/mol. The van der Waals surface area contributed by atoms with Gasteiger partial charge in [0.2, 0.25) is 5.91 Å². The van der Waals surface area contributed by atoms with E-state index in [2.05, 4.69) is 20.2 Å². The number of piperidine rings is 1. The van der Waals surface area contributed by atoms with Gasteiger partial charge in [-0.1, -0.05) is 11.8 Å². The van der Waals surface area contributed by atoms with E-state index in [9.17, 15) is 4.79 Å². The number of aryl methyl sites for hydroxylation is 1. The second-order valence-electron chi connectivity index (χ2n) is 6.49. The summed E-state index contributed by atoms with van der Waals surface area (Å²) in [7, 11) is 0. The average Bonchev–Trinajstić information content (AvgIpc) is 2.61. The molecular weight excluding hydrogens is 324 g/mol. The van der Waals surface area contributed by atoms with Crippen LogP contribution in [0.5, 0.6) is 0 Å². The second kappa shape index (κ2) is 8.78. The summed E-state index contributed by atoms with van der Waals surface area (Å²) in [6.45, 7) is 5.85. The first-order valence-corrected chi connectivity index (χ1v) is 9.73. The van der Waals surface area contributed by atoms with Crippen molar-refractivity contribution < 1.29 is 9.53 Å². The summed E-state index contributed by atoms with van der Waals surface area (Å²) in [5.74, 6) is 0.457. The van der Waals surface area contributed by atoms with E-state index in [4.69, 9.17) is 4.74 Å². The molecule has 1 amide bonds. The van der Waals surface area contributed by atoms with Gasteiger partial charge in [0.05, 0.1) is 5.75 Å². The van der Waals surface area contributed by atoms with E-state index in [0.29, 0.717) is 23.0 Å². The highest BCUT2D eigenvalue weighted by molar-refractivity contribution is 7.99. The van der Waals surface area contributed by atoms with Gasteiger partial charge in [-0.15, -0.1) is 0 Å². The monoisotopic (exact) mass is 350 g/mol. The van der Waals surface area contributed by atoms with Crippen LogP contribution in [-0.2, 0) is 9.53 Å². The minimum atomic E-state index is 0.0784. The Kier molecular flexibility index (Phi) is 6.45. The molecule has 0 bridgehead atoms. The molecule has 3 rings (SSSR count). The molecule has 2 aliphatic heterocycles. The van der Waals surface area contributed by atoms with Crippen molar-refractivity contribution in [1.82, 2.24) is 20.2 Å². The number of nitrogens with one attached hydrogen (secondary N) is 1. The van der Waals surface area contributed by atoms with E-state index in [0.717, 1.165) is 57.7 Å². The molecule has 2 saturated heterocycles. The second-order valence-corrected chi connectivity index (χ2v) is 7.43. The Morgan fingerprint density at radius 1 is 1.33 bits per heavy atom. The van der Waals surface area contributed by atoms with E-state index in [-0.39, 0.29) is 5.91 Å². The van der Waals surface area contributed by atoms with E-state index in [1.165, 1.54) is 11.8 Å². The van der Waals surface area contributed by atoms with Crippen LogP contribution in [0, 0.1) is 6.92 Å². The third kappa shape index (κ3) is 5.16. The van der Waals surface area contributed by atoms with Gasteiger partial charge in [0.1, 0.15) is 0 Å². The van der Waals surface area contributed by atoms with Crippen LogP contribution in [0.2, 0.25) is 0 Å². The lowest BCUT2D eigenvalue weighted by molar-refractivity contribution is -0.119. The molecule has 0 spiro atoms. The average molecular weight is 350 g/mol. The fourth-order valence-electron chi connectivity index (χ4n) is 3.35. The van der Waals surface area contributed by atoms with Gasteiger partial charge in [0, 0.05) is 50.3 Å². The van der Waals surface area contributed by atoms with E-state index in [1.807, 2.05) is 13.0 Å². The maximum Gasteiger partial charge on any atom is 0.230 e. The van der Waals surface area contributed by atoms with Crippen molar-refractivity contribution in [2.75, 3.05) is 32.1 Å². The zero-order valence-electron chi connectivity index (χ0n) is 14.2. The van der Waals surface area contributed by atoms with Crippen molar-refractivity contribution in [2.24, 2.45) is 0 Å². The summed E-state index contributed by atoms with van der Waals surface area (Å²) >= 11 is 1.40. The number of aromatic nitrogens is 2. The molecule has 6 nitrogen and oxygen atoms in total. The topological polar surface area (TPSA) is 67.4 Å². The highest BCUT2D eigenvalue weighted by Crippen LogP contribution is 2.20. The number of thioether (sulfide) groups is 1. The Morgan fingerprint density at radius 3 is 2.79 bits per heavy atom. The minimum absolute atomic E-state index is 0.0784. The lowest BCUT2D eigenvalue weighted by Gasteiger charge is -2.39. The van der Waals surface area contributed by atoms with Crippen LogP contribution < -0.4 is 5.32 Å². The molecule has 7 heteroatoms. The van der Waals surface area contributed by atoms with Gasteiger partial charge in [-0.2, -0.15) is 0 Å². The van der Waals surface area contributed by atoms with Crippen molar-refractivity contribution in [3.63, 3.8) is 0 Å². The first kappa shape index (κ1) is 17.6. The predicted octanol–water partition coefficient (Wildman–Crippen LogP) is 1.64. The van der Waals surface area contributed by atoms with Crippen LogP contribution in [0.25, 0.3) is 0 Å². The summed E-state index contributed by atoms with van der Waals surface area (Å²) in [6, 6.07) is 2.83. The summed E-state index contributed by atoms with van der Waals surface area (Å²) in [5, 5.41) is 3.83. The van der Waals surface area contributed by atoms with Gasteiger partial charge < -0.3 is 15.0 Å². The number of amides is 1. The molecule has 2 aliphatic rings. The van der Waals surface area contributed by atoms with Gasteiger partial charge >= 0.3 is 0 Å². The normalized spacial score (nSPS) is 20.9. The summed E-state index contributed by atoms with van der Waals surface area (Å²) < 4.78 is 5.44. The highest BCUT2D eigenvalue weighted by Gasteiger charge is 2.27. The number of hydrogen-bond acceptors (Lipinski definition) is 6. The van der Waals surface area contributed by atoms with Gasteiger partial charge in [-0.05, 0) is 38.7 Å². The Balaban J connectivity index is 1.37. The zero-order chi connectivity index (χ0) is 16.8. The van der Waals surface area contributed by atoms with Crippen LogP contribution in [0.1, 0.15) is 31.4 Å². The first-order chi connectivity index (χ1) is 11.7. The van der Waals surface area contributed by atoms with Crippen LogP contribution in [0.15, 0.2) is 17.4 Å². The number of carbonyl (C=O) groups is 1. The van der Waals surface area contributed by atoms with E-state index >= 15 is 0 Å².